The van der Waals surface area contributed by atoms with Gasteiger partial charge in [-0.2, -0.15) is 0 Å². The van der Waals surface area contributed by atoms with Gasteiger partial charge < -0.3 is 25.0 Å². The van der Waals surface area contributed by atoms with Gasteiger partial charge in [-0.3, -0.25) is 19.1 Å². The Morgan fingerprint density at radius 3 is 2.50 bits per heavy atom. The molecule has 0 spiro atoms. The molecule has 40 heavy (non-hydrogen) atoms. The van der Waals surface area contributed by atoms with E-state index in [-0.39, 0.29) is 25.3 Å². The van der Waals surface area contributed by atoms with Crippen LogP contribution in [0.25, 0.3) is 0 Å². The predicted molar refractivity (Wildman–Crippen MR) is 145 cm³/mol. The normalized spacial score (nSPS) is 32.5. The number of ether oxygens (including phenoxy) is 2. The highest BCUT2D eigenvalue weighted by Gasteiger charge is 2.62. The summed E-state index contributed by atoms with van der Waals surface area (Å²) in [6.45, 7) is 5.33. The van der Waals surface area contributed by atoms with E-state index in [1.807, 2.05) is 12.2 Å². The Morgan fingerprint density at radius 1 is 1.12 bits per heavy atom. The number of allylic oxidation sites excluding steroid dienone is 1. The van der Waals surface area contributed by atoms with Gasteiger partial charge in [0.25, 0.3) is 5.91 Å². The predicted octanol–water partition coefficient (Wildman–Crippen LogP) is 1.50. The molecule has 0 radical (unpaired) electrons. The van der Waals surface area contributed by atoms with Crippen LogP contribution in [0.15, 0.2) is 12.2 Å². The van der Waals surface area contributed by atoms with Gasteiger partial charge in [-0.15, -0.1) is 0 Å². The lowest BCUT2D eigenvalue weighted by Gasteiger charge is -2.30. The second-order valence-electron chi connectivity index (χ2n) is 12.3. The molecule has 0 aromatic rings. The van der Waals surface area contributed by atoms with Crippen LogP contribution < -0.4 is 15.4 Å². The number of nitrogens with zero attached hydrogens (tertiary/aromatic N) is 1. The summed E-state index contributed by atoms with van der Waals surface area (Å²) in [5.41, 5.74) is -2.16. The van der Waals surface area contributed by atoms with Gasteiger partial charge in [0.05, 0.1) is 11.4 Å². The molecule has 1 unspecified atom stereocenters. The molecule has 2 aliphatic carbocycles. The van der Waals surface area contributed by atoms with E-state index in [4.69, 9.17) is 9.47 Å². The van der Waals surface area contributed by atoms with E-state index < -0.39 is 68.4 Å². The van der Waals surface area contributed by atoms with Gasteiger partial charge in [0.1, 0.15) is 23.2 Å². The Hall–Kier alpha value is -2.67. The van der Waals surface area contributed by atoms with E-state index in [1.165, 1.54) is 12.0 Å². The SMILES string of the molecule is CO[C@@H]1C[C@H]2C(=O)N[C@]3(C(=O)NS(=O)(=O)C4CC4)C[C@@H]3/C=C\CCCCCC(NC(=O)OC(C)(C)C)C(=O)N2C1. The molecule has 0 bridgehead atoms. The number of hydrogen-bond donors (Lipinski definition) is 3. The molecule has 0 aromatic heterocycles. The lowest BCUT2D eigenvalue weighted by molar-refractivity contribution is -0.141. The highest BCUT2D eigenvalue weighted by atomic mass is 32.2. The molecule has 12 nitrogen and oxygen atoms in total. The third kappa shape index (κ3) is 7.15. The van der Waals surface area contributed by atoms with Crippen molar-refractivity contribution in [1.29, 1.82) is 0 Å². The van der Waals surface area contributed by atoms with Crippen molar-refractivity contribution in [3.63, 3.8) is 0 Å². The van der Waals surface area contributed by atoms with Gasteiger partial charge in [0.2, 0.25) is 21.8 Å². The summed E-state index contributed by atoms with van der Waals surface area (Å²) < 4.78 is 38.1. The van der Waals surface area contributed by atoms with Crippen molar-refractivity contribution in [3.8, 4) is 0 Å². The Kier molecular flexibility index (Phi) is 8.84. The second kappa shape index (κ2) is 11.7. The Balaban J connectivity index is 1.58. The number of sulfonamides is 1. The first-order valence-electron chi connectivity index (χ1n) is 14.1. The molecule has 3 fully saturated rings. The van der Waals surface area contributed by atoms with E-state index in [2.05, 4.69) is 15.4 Å². The number of carbonyl (C=O) groups is 4. The monoisotopic (exact) mass is 582 g/mol. The summed E-state index contributed by atoms with van der Waals surface area (Å²) in [5, 5.41) is 4.92. The van der Waals surface area contributed by atoms with Crippen LogP contribution in [0, 0.1) is 5.92 Å². The van der Waals surface area contributed by atoms with E-state index >= 15 is 0 Å². The van der Waals surface area contributed by atoms with Crippen molar-refractivity contribution in [2.75, 3.05) is 13.7 Å². The molecular formula is C27H42N4O8S. The van der Waals surface area contributed by atoms with Gasteiger partial charge in [0, 0.05) is 26.0 Å². The molecule has 224 valence electrons. The fourth-order valence-electron chi connectivity index (χ4n) is 5.38. The lowest BCUT2D eigenvalue weighted by Crippen LogP contribution is -2.58. The maximum Gasteiger partial charge on any atom is 0.408 e. The van der Waals surface area contributed by atoms with Gasteiger partial charge in [-0.1, -0.05) is 25.0 Å². The van der Waals surface area contributed by atoms with E-state index in [1.54, 1.807) is 20.8 Å². The molecule has 3 N–H and O–H groups in total. The number of alkyl carbamates (subject to hydrolysis) is 1. The van der Waals surface area contributed by atoms with Crippen LogP contribution in [-0.2, 0) is 33.9 Å². The van der Waals surface area contributed by atoms with Gasteiger partial charge in [0.15, 0.2) is 0 Å². The summed E-state index contributed by atoms with van der Waals surface area (Å²) in [4.78, 5) is 54.8. The molecular weight excluding hydrogens is 540 g/mol. The van der Waals surface area contributed by atoms with Crippen molar-refractivity contribution in [2.45, 2.75) is 113 Å². The highest BCUT2D eigenvalue weighted by Crippen LogP contribution is 2.46. The Bertz CT molecular complexity index is 1150. The van der Waals surface area contributed by atoms with Crippen LogP contribution in [-0.4, -0.2) is 85.4 Å². The summed E-state index contributed by atoms with van der Waals surface area (Å²) in [5.74, 6) is -2.11. The zero-order chi connectivity index (χ0) is 29.3. The van der Waals surface area contributed by atoms with Crippen LogP contribution in [0.4, 0.5) is 4.79 Å². The van der Waals surface area contributed by atoms with Crippen molar-refractivity contribution in [1.82, 2.24) is 20.3 Å². The van der Waals surface area contributed by atoms with Crippen molar-refractivity contribution in [3.05, 3.63) is 12.2 Å². The summed E-state index contributed by atoms with van der Waals surface area (Å²) in [7, 11) is -2.32. The van der Waals surface area contributed by atoms with Crippen LogP contribution in [0.1, 0.15) is 78.6 Å². The average Bonchev–Trinajstić information content (AvgIpc) is 3.77. The summed E-state index contributed by atoms with van der Waals surface area (Å²) in [6, 6.07) is -1.86. The lowest BCUT2D eigenvalue weighted by atomic mass is 10.0. The summed E-state index contributed by atoms with van der Waals surface area (Å²) >= 11 is 0. The third-order valence-corrected chi connectivity index (χ3v) is 9.69. The van der Waals surface area contributed by atoms with E-state index in [0.717, 1.165) is 19.3 Å². The largest absolute Gasteiger partial charge is 0.444 e. The summed E-state index contributed by atoms with van der Waals surface area (Å²) in [6.07, 6.45) is 7.55. The Morgan fingerprint density at radius 2 is 1.85 bits per heavy atom. The molecule has 0 aromatic carbocycles. The molecule has 4 amide bonds. The van der Waals surface area contributed by atoms with Gasteiger partial charge in [-0.25, -0.2) is 13.2 Å². The first-order chi connectivity index (χ1) is 18.8. The average molecular weight is 583 g/mol. The minimum absolute atomic E-state index is 0.137. The quantitative estimate of drug-likeness (QED) is 0.411. The standard InChI is InChI=1S/C27H42N4O8S/c1-26(2,3)39-25(35)28-20-11-9-7-5-6-8-10-17-15-27(17,24(34)30-40(36,37)19-12-13-19)29-22(32)21-14-18(38-4)16-31(21)23(20)33/h8,10,17-21H,5-7,9,11-16H2,1-4H3,(H,28,35)(H,29,32)(H,30,34)/b10-8-/t17-,18+,20?,21-,27+/m0/s1. The van der Waals surface area contributed by atoms with Crippen LogP contribution in [0.2, 0.25) is 0 Å². The van der Waals surface area contributed by atoms with Crippen molar-refractivity contribution < 1.29 is 37.1 Å². The number of hydrogen-bond acceptors (Lipinski definition) is 8. The number of amides is 4. The van der Waals surface area contributed by atoms with Crippen molar-refractivity contribution in [2.24, 2.45) is 5.92 Å². The first kappa shape index (κ1) is 30.3. The molecule has 5 atom stereocenters. The molecule has 4 aliphatic rings. The number of fused-ring (bicyclic) bond motifs is 2. The minimum atomic E-state index is -3.81. The molecule has 4 rings (SSSR count). The molecule has 1 saturated heterocycles. The maximum absolute atomic E-state index is 13.8. The topological polar surface area (TPSA) is 160 Å². The smallest absolute Gasteiger partial charge is 0.408 e. The van der Waals surface area contributed by atoms with Crippen LogP contribution >= 0.6 is 0 Å². The molecule has 2 aliphatic heterocycles. The highest BCUT2D eigenvalue weighted by molar-refractivity contribution is 7.91. The maximum atomic E-state index is 13.8. The molecule has 2 heterocycles. The molecule has 13 heteroatoms. The fraction of sp³-hybridized carbons (Fsp3) is 0.778. The minimum Gasteiger partial charge on any atom is -0.444 e. The van der Waals surface area contributed by atoms with Crippen LogP contribution in [0.3, 0.4) is 0 Å². The number of methoxy groups -OCH3 is 1. The van der Waals surface area contributed by atoms with Crippen molar-refractivity contribution >= 4 is 33.8 Å². The molecule has 2 saturated carbocycles. The fourth-order valence-corrected chi connectivity index (χ4v) is 6.75. The Labute approximate surface area is 236 Å². The first-order valence-corrected chi connectivity index (χ1v) is 15.7. The zero-order valence-corrected chi connectivity index (χ0v) is 24.6. The number of carbonyl (C=O) groups excluding carboxylic acids is 4. The second-order valence-corrected chi connectivity index (χ2v) is 14.3. The van der Waals surface area contributed by atoms with Gasteiger partial charge in [-0.05, 0) is 59.3 Å². The number of nitrogens with one attached hydrogen (secondary N) is 3. The van der Waals surface area contributed by atoms with Crippen LogP contribution in [0.5, 0.6) is 0 Å². The van der Waals surface area contributed by atoms with E-state index in [0.29, 0.717) is 25.7 Å². The number of rotatable bonds is 5. The van der Waals surface area contributed by atoms with E-state index in [9.17, 15) is 27.6 Å². The zero-order valence-electron chi connectivity index (χ0n) is 23.7. The third-order valence-electron chi connectivity index (χ3n) is 7.87. The van der Waals surface area contributed by atoms with Gasteiger partial charge >= 0.3 is 6.09 Å².